The summed E-state index contributed by atoms with van der Waals surface area (Å²) >= 11 is 11.2. The van der Waals surface area contributed by atoms with Crippen LogP contribution in [0.5, 0.6) is 0 Å². The first kappa shape index (κ1) is 12.2. The first-order valence-electron chi connectivity index (χ1n) is 6.13. The maximum atomic E-state index is 6.09. The summed E-state index contributed by atoms with van der Waals surface area (Å²) in [5.41, 5.74) is 7.72. The molecule has 2 saturated heterocycles. The van der Waals surface area contributed by atoms with Gasteiger partial charge in [-0.25, -0.2) is 0 Å². The van der Waals surface area contributed by atoms with Crippen molar-refractivity contribution in [1.82, 2.24) is 0 Å². The molecule has 2 N–H and O–H groups in total. The van der Waals surface area contributed by atoms with Gasteiger partial charge >= 0.3 is 0 Å². The number of rotatable bonds is 2. The summed E-state index contributed by atoms with van der Waals surface area (Å²) in [5, 5.41) is 0.712. The number of halogens is 1. The van der Waals surface area contributed by atoms with Crippen LogP contribution >= 0.6 is 23.8 Å². The van der Waals surface area contributed by atoms with Crippen LogP contribution in [-0.4, -0.2) is 30.3 Å². The van der Waals surface area contributed by atoms with Gasteiger partial charge in [-0.3, -0.25) is 0 Å². The number of benzene rings is 1. The van der Waals surface area contributed by atoms with E-state index in [2.05, 4.69) is 4.90 Å². The normalized spacial score (nSPS) is 26.4. The molecule has 0 aliphatic carbocycles. The third kappa shape index (κ3) is 2.20. The fraction of sp³-hybridized carbons (Fsp3) is 0.462. The highest BCUT2D eigenvalue weighted by molar-refractivity contribution is 7.80. The Kier molecular flexibility index (Phi) is 3.18. The number of hydrogen-bond donors (Lipinski definition) is 1. The summed E-state index contributed by atoms with van der Waals surface area (Å²) in [6, 6.07) is 5.67. The second kappa shape index (κ2) is 4.68. The third-order valence-corrected chi connectivity index (χ3v) is 4.06. The summed E-state index contributed by atoms with van der Waals surface area (Å²) in [4.78, 5) is 2.71. The number of ether oxygens (including phenoxy) is 1. The van der Waals surface area contributed by atoms with Crippen molar-refractivity contribution < 1.29 is 4.74 Å². The van der Waals surface area contributed by atoms with Crippen LogP contribution in [-0.2, 0) is 4.74 Å². The maximum absolute atomic E-state index is 6.09. The predicted molar refractivity (Wildman–Crippen MR) is 77.4 cm³/mol. The summed E-state index contributed by atoms with van der Waals surface area (Å²) in [6.07, 6.45) is 2.96. The highest BCUT2D eigenvalue weighted by atomic mass is 35.5. The highest BCUT2D eigenvalue weighted by Gasteiger charge is 2.34. The van der Waals surface area contributed by atoms with Gasteiger partial charge in [0, 0.05) is 29.4 Å². The van der Waals surface area contributed by atoms with E-state index in [-0.39, 0.29) is 0 Å². The minimum Gasteiger partial charge on any atom is -0.389 e. The van der Waals surface area contributed by atoms with Crippen LogP contribution in [0.4, 0.5) is 5.69 Å². The Hall–Kier alpha value is -0.840. The van der Waals surface area contributed by atoms with Crippen LogP contribution < -0.4 is 10.6 Å². The number of fused-ring (bicyclic) bond motifs is 2. The van der Waals surface area contributed by atoms with Gasteiger partial charge in [0.25, 0.3) is 0 Å². The van der Waals surface area contributed by atoms with E-state index in [0.717, 1.165) is 37.2 Å². The van der Waals surface area contributed by atoms with Gasteiger partial charge in [0.15, 0.2) is 0 Å². The van der Waals surface area contributed by atoms with Gasteiger partial charge in [-0.2, -0.15) is 0 Å². The molecule has 2 fully saturated rings. The van der Waals surface area contributed by atoms with E-state index >= 15 is 0 Å². The van der Waals surface area contributed by atoms with Crippen molar-refractivity contribution in [3.63, 3.8) is 0 Å². The molecule has 2 heterocycles. The second-order valence-electron chi connectivity index (χ2n) is 4.89. The van der Waals surface area contributed by atoms with Gasteiger partial charge in [-0.15, -0.1) is 0 Å². The molecule has 2 aliphatic heterocycles. The van der Waals surface area contributed by atoms with E-state index in [9.17, 15) is 0 Å². The molecule has 1 aromatic carbocycles. The van der Waals surface area contributed by atoms with E-state index in [1.807, 2.05) is 18.2 Å². The predicted octanol–water partition coefficient (Wildman–Crippen LogP) is 2.34. The molecule has 0 amide bonds. The van der Waals surface area contributed by atoms with E-state index in [0.29, 0.717) is 22.2 Å². The molecule has 2 bridgehead atoms. The molecule has 3 nitrogen and oxygen atoms in total. The standard InChI is InChI=1S/C13H15ClN2OS/c14-8-1-4-11(13(15)18)12(5-8)16-6-9-2-3-10(7-16)17-9/h1,4-5,9-10H,2-3,6-7H2,(H2,15,18). The van der Waals surface area contributed by atoms with Crippen molar-refractivity contribution in [2.24, 2.45) is 5.73 Å². The quantitative estimate of drug-likeness (QED) is 0.845. The first-order valence-corrected chi connectivity index (χ1v) is 6.92. The minimum absolute atomic E-state index is 0.335. The zero-order chi connectivity index (χ0) is 12.7. The number of nitrogens with zero attached hydrogens (tertiary/aromatic N) is 1. The average Bonchev–Trinajstić information content (AvgIpc) is 2.67. The van der Waals surface area contributed by atoms with E-state index < -0.39 is 0 Å². The van der Waals surface area contributed by atoms with Crippen LogP contribution in [0, 0.1) is 0 Å². The molecule has 2 atom stereocenters. The van der Waals surface area contributed by atoms with Crippen LogP contribution in [0.3, 0.4) is 0 Å². The number of anilines is 1. The first-order chi connectivity index (χ1) is 8.63. The fourth-order valence-corrected chi connectivity index (χ4v) is 3.13. The Morgan fingerprint density at radius 2 is 2.00 bits per heavy atom. The van der Waals surface area contributed by atoms with Crippen molar-refractivity contribution >= 4 is 34.5 Å². The summed E-state index contributed by atoms with van der Waals surface area (Å²) in [5.74, 6) is 0. The molecule has 0 spiro atoms. The number of morpholine rings is 1. The Bertz CT molecular complexity index is 482. The van der Waals surface area contributed by atoms with Crippen molar-refractivity contribution in [3.05, 3.63) is 28.8 Å². The number of hydrogen-bond acceptors (Lipinski definition) is 3. The Morgan fingerprint density at radius 3 is 2.61 bits per heavy atom. The van der Waals surface area contributed by atoms with Gasteiger partial charge in [-0.1, -0.05) is 23.8 Å². The molecule has 2 unspecified atom stereocenters. The molecule has 0 radical (unpaired) electrons. The topological polar surface area (TPSA) is 38.5 Å². The molecule has 3 rings (SSSR count). The Balaban J connectivity index is 1.95. The lowest BCUT2D eigenvalue weighted by molar-refractivity contribution is 0.0305. The SMILES string of the molecule is NC(=S)c1ccc(Cl)cc1N1CC2CCC(C1)O2. The average molecular weight is 283 g/mol. The Labute approximate surface area is 117 Å². The van der Waals surface area contributed by atoms with Gasteiger partial charge in [-0.05, 0) is 31.0 Å². The molecular weight excluding hydrogens is 268 g/mol. The van der Waals surface area contributed by atoms with Crippen LogP contribution in [0.15, 0.2) is 18.2 Å². The van der Waals surface area contributed by atoms with Gasteiger partial charge in [0.1, 0.15) is 4.99 Å². The minimum atomic E-state index is 0.335. The molecule has 2 aliphatic rings. The maximum Gasteiger partial charge on any atom is 0.106 e. The van der Waals surface area contributed by atoms with Gasteiger partial charge < -0.3 is 15.4 Å². The molecule has 5 heteroatoms. The monoisotopic (exact) mass is 282 g/mol. The zero-order valence-corrected chi connectivity index (χ0v) is 11.5. The van der Waals surface area contributed by atoms with Crippen molar-refractivity contribution in [2.45, 2.75) is 25.0 Å². The lowest BCUT2D eigenvalue weighted by Crippen LogP contribution is -2.43. The molecule has 18 heavy (non-hydrogen) atoms. The van der Waals surface area contributed by atoms with Crippen LogP contribution in [0.1, 0.15) is 18.4 Å². The molecule has 0 aromatic heterocycles. The largest absolute Gasteiger partial charge is 0.389 e. The van der Waals surface area contributed by atoms with Gasteiger partial charge in [0.05, 0.1) is 12.2 Å². The highest BCUT2D eigenvalue weighted by Crippen LogP contribution is 2.32. The molecule has 1 aromatic rings. The summed E-state index contributed by atoms with van der Waals surface area (Å²) in [6.45, 7) is 1.79. The van der Waals surface area contributed by atoms with E-state index in [1.165, 1.54) is 0 Å². The van der Waals surface area contributed by atoms with Crippen LogP contribution in [0.2, 0.25) is 5.02 Å². The van der Waals surface area contributed by atoms with Crippen molar-refractivity contribution in [3.8, 4) is 0 Å². The second-order valence-corrected chi connectivity index (χ2v) is 5.76. The third-order valence-electron chi connectivity index (χ3n) is 3.61. The number of nitrogens with two attached hydrogens (primary N) is 1. The summed E-state index contributed by atoms with van der Waals surface area (Å²) in [7, 11) is 0. The van der Waals surface area contributed by atoms with Crippen molar-refractivity contribution in [1.29, 1.82) is 0 Å². The molecule has 0 saturated carbocycles. The zero-order valence-electron chi connectivity index (χ0n) is 9.93. The van der Waals surface area contributed by atoms with E-state index in [1.54, 1.807) is 0 Å². The lowest BCUT2D eigenvalue weighted by atomic mass is 10.1. The van der Waals surface area contributed by atoms with Gasteiger partial charge in [0.2, 0.25) is 0 Å². The molecule has 96 valence electrons. The smallest absolute Gasteiger partial charge is 0.106 e. The van der Waals surface area contributed by atoms with Crippen molar-refractivity contribution in [2.75, 3.05) is 18.0 Å². The fourth-order valence-electron chi connectivity index (χ4n) is 2.79. The lowest BCUT2D eigenvalue weighted by Gasteiger charge is -2.35. The Morgan fingerprint density at radius 1 is 1.33 bits per heavy atom. The number of thiocarbonyl (C=S) groups is 1. The van der Waals surface area contributed by atoms with E-state index in [4.69, 9.17) is 34.3 Å². The summed E-state index contributed by atoms with van der Waals surface area (Å²) < 4.78 is 5.84. The van der Waals surface area contributed by atoms with Crippen LogP contribution in [0.25, 0.3) is 0 Å². The molecular formula is C13H15ClN2OS.